The van der Waals surface area contributed by atoms with Gasteiger partial charge in [0.15, 0.2) is 5.96 Å². The lowest BCUT2D eigenvalue weighted by molar-refractivity contribution is 0.324. The minimum absolute atomic E-state index is 0.174. The van der Waals surface area contributed by atoms with Crippen molar-refractivity contribution in [2.45, 2.75) is 31.0 Å². The molecule has 0 amide bonds. The predicted octanol–water partition coefficient (Wildman–Crippen LogP) is -0.599. The van der Waals surface area contributed by atoms with Crippen LogP contribution < -0.4 is 16.8 Å². The summed E-state index contributed by atoms with van der Waals surface area (Å²) in [5.41, 5.74) is 10.8. The first-order valence-corrected chi connectivity index (χ1v) is 7.59. The number of guanidine groups is 1. The van der Waals surface area contributed by atoms with Crippen molar-refractivity contribution >= 4 is 16.0 Å². The summed E-state index contributed by atoms with van der Waals surface area (Å²) in [6.45, 7) is 3.85. The van der Waals surface area contributed by atoms with Gasteiger partial charge in [-0.3, -0.25) is 0 Å². The van der Waals surface area contributed by atoms with Gasteiger partial charge in [0.1, 0.15) is 5.66 Å². The summed E-state index contributed by atoms with van der Waals surface area (Å²) in [5, 5.41) is 3.71. The van der Waals surface area contributed by atoms with Crippen molar-refractivity contribution < 1.29 is 8.42 Å². The number of rotatable bonds is 4. The summed E-state index contributed by atoms with van der Waals surface area (Å²) in [4.78, 5) is 4.15. The van der Waals surface area contributed by atoms with Gasteiger partial charge in [0, 0.05) is 30.6 Å². The van der Waals surface area contributed by atoms with Gasteiger partial charge in [0.25, 0.3) is 0 Å². The highest BCUT2D eigenvalue weighted by molar-refractivity contribution is 7.92. The maximum Gasteiger partial charge on any atom is 0.235 e. The third-order valence-corrected chi connectivity index (χ3v) is 4.91. The molecule has 2 aliphatic rings. The molecule has 7 nitrogen and oxygen atoms in total. The molecule has 0 saturated carbocycles. The Morgan fingerprint density at radius 2 is 2.42 bits per heavy atom. The summed E-state index contributed by atoms with van der Waals surface area (Å²) in [7, 11) is -3.42. The van der Waals surface area contributed by atoms with Gasteiger partial charge in [0.2, 0.25) is 10.0 Å². The number of nitrogens with one attached hydrogen (secondary N) is 1. The fourth-order valence-electron chi connectivity index (χ4n) is 2.50. The number of sulfonamides is 1. The molecule has 5 N–H and O–H groups in total. The van der Waals surface area contributed by atoms with Crippen LogP contribution in [0.5, 0.6) is 0 Å². The van der Waals surface area contributed by atoms with Crippen molar-refractivity contribution in [2.75, 3.05) is 6.54 Å². The van der Waals surface area contributed by atoms with Gasteiger partial charge >= 0.3 is 0 Å². The average Bonchev–Trinajstić information content (AvgIpc) is 2.76. The van der Waals surface area contributed by atoms with E-state index in [9.17, 15) is 8.42 Å². The maximum absolute atomic E-state index is 11.9. The van der Waals surface area contributed by atoms with E-state index in [2.05, 4.69) is 16.9 Å². The first-order valence-electron chi connectivity index (χ1n) is 6.09. The van der Waals surface area contributed by atoms with Crippen LogP contribution in [0.1, 0.15) is 19.3 Å². The Labute approximate surface area is 113 Å². The summed E-state index contributed by atoms with van der Waals surface area (Å²) in [5.74, 6) is 0.237. The molecule has 0 bridgehead atoms. The number of nitrogens with two attached hydrogens (primary N) is 2. The van der Waals surface area contributed by atoms with Crippen molar-refractivity contribution in [1.82, 2.24) is 9.62 Å². The van der Waals surface area contributed by atoms with Gasteiger partial charge < -0.3 is 16.8 Å². The highest BCUT2D eigenvalue weighted by atomic mass is 32.2. The fraction of sp³-hybridized carbons (Fsp3) is 0.545. The molecule has 0 aliphatic carbocycles. The van der Waals surface area contributed by atoms with Crippen LogP contribution in [-0.4, -0.2) is 36.9 Å². The normalized spacial score (nSPS) is 31.8. The van der Waals surface area contributed by atoms with Crippen molar-refractivity contribution in [1.29, 1.82) is 0 Å². The maximum atomic E-state index is 11.9. The van der Waals surface area contributed by atoms with E-state index in [1.165, 1.54) is 4.31 Å². The zero-order valence-electron chi connectivity index (χ0n) is 10.6. The Bertz CT molecular complexity index is 527. The molecular weight excluding hydrogens is 266 g/mol. The molecule has 0 aromatic carbocycles. The molecule has 106 valence electrons. The van der Waals surface area contributed by atoms with Crippen molar-refractivity contribution in [3.8, 4) is 0 Å². The molecule has 1 fully saturated rings. The van der Waals surface area contributed by atoms with Crippen LogP contribution in [0.2, 0.25) is 0 Å². The number of nitrogens with zero attached hydrogens (tertiary/aromatic N) is 2. The zero-order chi connectivity index (χ0) is 14.1. The minimum Gasteiger partial charge on any atom is -0.370 e. The topological polar surface area (TPSA) is 114 Å². The van der Waals surface area contributed by atoms with E-state index >= 15 is 0 Å². The predicted molar refractivity (Wildman–Crippen MR) is 74.3 cm³/mol. The first kappa shape index (κ1) is 14.0. The van der Waals surface area contributed by atoms with Crippen LogP contribution in [0.4, 0.5) is 0 Å². The number of aliphatic imine (C=N–C) groups is 1. The molecule has 1 saturated heterocycles. The smallest absolute Gasteiger partial charge is 0.235 e. The monoisotopic (exact) mass is 285 g/mol. The lowest BCUT2D eigenvalue weighted by Crippen LogP contribution is -2.48. The second-order valence-electron chi connectivity index (χ2n) is 4.79. The molecule has 2 unspecified atom stereocenters. The molecule has 0 spiro atoms. The highest BCUT2D eigenvalue weighted by Gasteiger charge is 2.37. The quantitative estimate of drug-likeness (QED) is 0.638. The summed E-state index contributed by atoms with van der Waals surface area (Å²) < 4.78 is 25.2. The largest absolute Gasteiger partial charge is 0.370 e. The molecule has 0 radical (unpaired) electrons. The third kappa shape index (κ3) is 2.96. The highest BCUT2D eigenvalue weighted by Crippen LogP contribution is 2.29. The molecule has 0 aromatic heterocycles. The van der Waals surface area contributed by atoms with Crippen LogP contribution in [0.3, 0.4) is 0 Å². The van der Waals surface area contributed by atoms with Gasteiger partial charge in [-0.05, 0) is 18.9 Å². The second kappa shape index (κ2) is 4.95. The summed E-state index contributed by atoms with van der Waals surface area (Å²) >= 11 is 0. The first-order chi connectivity index (χ1) is 8.86. The molecule has 8 heteroatoms. The molecular formula is C11H19N5O2S. The molecule has 2 atom stereocenters. The average molecular weight is 285 g/mol. The summed E-state index contributed by atoms with van der Waals surface area (Å²) in [6, 6.07) is -0.174. The van der Waals surface area contributed by atoms with Crippen LogP contribution in [0, 0.1) is 0 Å². The standard InChI is InChI=1S/C11H19N5O2S/c1-2-19(17,18)16-7-3-4-9(16)8-11(13)5-6-14-10(12)15-11/h2,5-6,9H,1,3-4,7-8,13H2,(H3,12,14,15). The third-order valence-electron chi connectivity index (χ3n) is 3.35. The Morgan fingerprint density at radius 1 is 1.68 bits per heavy atom. The van der Waals surface area contributed by atoms with E-state index in [0.717, 1.165) is 18.2 Å². The zero-order valence-corrected chi connectivity index (χ0v) is 11.4. The summed E-state index contributed by atoms with van der Waals surface area (Å²) in [6.07, 6.45) is 5.31. The molecule has 0 aromatic rings. The molecule has 2 aliphatic heterocycles. The van der Waals surface area contributed by atoms with Crippen molar-refractivity contribution in [3.05, 3.63) is 24.3 Å². The van der Waals surface area contributed by atoms with Gasteiger partial charge in [-0.1, -0.05) is 6.58 Å². The van der Waals surface area contributed by atoms with Gasteiger partial charge in [-0.15, -0.1) is 0 Å². The lowest BCUT2D eigenvalue weighted by atomic mass is 10.00. The molecule has 2 rings (SSSR count). The van der Waals surface area contributed by atoms with E-state index in [4.69, 9.17) is 11.5 Å². The Morgan fingerprint density at radius 3 is 3.05 bits per heavy atom. The number of hydrogen-bond donors (Lipinski definition) is 3. The fourth-order valence-corrected chi connectivity index (χ4v) is 3.67. The Balaban J connectivity index is 2.17. The van der Waals surface area contributed by atoms with E-state index < -0.39 is 15.7 Å². The van der Waals surface area contributed by atoms with Crippen LogP contribution in [0.15, 0.2) is 29.3 Å². The lowest BCUT2D eigenvalue weighted by Gasteiger charge is -2.31. The SMILES string of the molecule is C=CS(=O)(=O)N1CCCC1CC1(N)C=CNC(N)=N1. The second-order valence-corrected chi connectivity index (χ2v) is 6.62. The van der Waals surface area contributed by atoms with Gasteiger partial charge in [-0.2, -0.15) is 4.31 Å². The molecule has 2 heterocycles. The minimum atomic E-state index is -3.42. The molecule has 19 heavy (non-hydrogen) atoms. The van der Waals surface area contributed by atoms with E-state index in [0.29, 0.717) is 13.0 Å². The van der Waals surface area contributed by atoms with Crippen molar-refractivity contribution in [3.63, 3.8) is 0 Å². The van der Waals surface area contributed by atoms with Crippen molar-refractivity contribution in [2.24, 2.45) is 16.5 Å². The van der Waals surface area contributed by atoms with E-state index in [1.54, 1.807) is 12.3 Å². The van der Waals surface area contributed by atoms with Crippen LogP contribution in [-0.2, 0) is 10.0 Å². The van der Waals surface area contributed by atoms with Crippen LogP contribution >= 0.6 is 0 Å². The van der Waals surface area contributed by atoms with Gasteiger partial charge in [0.05, 0.1) is 0 Å². The van der Waals surface area contributed by atoms with E-state index in [-0.39, 0.29) is 12.0 Å². The van der Waals surface area contributed by atoms with Crippen LogP contribution in [0.25, 0.3) is 0 Å². The van der Waals surface area contributed by atoms with Gasteiger partial charge in [-0.25, -0.2) is 13.4 Å². The number of hydrogen-bond acceptors (Lipinski definition) is 6. The Hall–Kier alpha value is -1.38. The Kier molecular flexibility index (Phi) is 3.66. The van der Waals surface area contributed by atoms with E-state index in [1.807, 2.05) is 0 Å².